The number of hydrogen-bond acceptors (Lipinski definition) is 8. The van der Waals surface area contributed by atoms with Gasteiger partial charge in [-0.15, -0.1) is 0 Å². The van der Waals surface area contributed by atoms with Gasteiger partial charge in [-0.1, -0.05) is 373 Å². The summed E-state index contributed by atoms with van der Waals surface area (Å²) < 4.78 is 74.8. The summed E-state index contributed by atoms with van der Waals surface area (Å²) in [6, 6.07) is 0. The van der Waals surface area contributed by atoms with E-state index in [1.807, 2.05) is 0 Å². The summed E-state index contributed by atoms with van der Waals surface area (Å²) >= 11 is 0. The molecule has 8 nitrogen and oxygen atoms in total. The van der Waals surface area contributed by atoms with Crippen molar-refractivity contribution in [3.05, 3.63) is 24.3 Å². The number of hydrogen-bond donors (Lipinski definition) is 0. The smallest absolute Gasteiger partial charge is 0.726 e. The van der Waals surface area contributed by atoms with Crippen LogP contribution in [0.2, 0.25) is 0 Å². The van der Waals surface area contributed by atoms with E-state index in [1.54, 1.807) is 0 Å². The van der Waals surface area contributed by atoms with Crippen LogP contribution in [-0.2, 0) is 29.2 Å². The molecule has 0 fully saturated rings. The summed E-state index contributed by atoms with van der Waals surface area (Å²) in [7, 11) is -9.24. The molecule has 0 aromatic heterocycles. The van der Waals surface area contributed by atoms with E-state index in [1.165, 1.54) is 321 Å². The fourth-order valence-electron chi connectivity index (χ4n) is 10.8. The maximum absolute atomic E-state index is 10.9. The van der Waals surface area contributed by atoms with Crippen molar-refractivity contribution >= 4 is 58.5 Å². The summed E-state index contributed by atoms with van der Waals surface area (Å²) in [6.45, 7) is 9.05. The maximum atomic E-state index is 10.9. The van der Waals surface area contributed by atoms with Crippen molar-refractivity contribution in [2.24, 2.45) is 11.8 Å². The van der Waals surface area contributed by atoms with Crippen LogP contribution in [0.15, 0.2) is 24.3 Å². The van der Waals surface area contributed by atoms with Gasteiger partial charge in [-0.3, -0.25) is 8.37 Å². The second kappa shape index (κ2) is 69.3. The fraction of sp³-hybridized carbons (Fsp3) is 0.941. The Kier molecular flexibility index (Phi) is 73.4. The van der Waals surface area contributed by atoms with Crippen LogP contribution >= 0.6 is 0 Å². The summed E-state index contributed by atoms with van der Waals surface area (Å²) in [6.07, 6.45) is 81.8. The van der Waals surface area contributed by atoms with Crippen LogP contribution in [-0.4, -0.2) is 76.9 Å². The van der Waals surface area contributed by atoms with Gasteiger partial charge >= 0.3 is 37.7 Å². The molecule has 0 heterocycles. The zero-order valence-corrected chi connectivity index (χ0v) is 57.1. The van der Waals surface area contributed by atoms with Crippen LogP contribution in [0.5, 0.6) is 0 Å². The number of allylic oxidation sites excluding steroid dienone is 2. The van der Waals surface area contributed by atoms with Crippen molar-refractivity contribution < 1.29 is 34.3 Å². The van der Waals surface area contributed by atoms with E-state index in [-0.39, 0.29) is 62.8 Å². The minimum absolute atomic E-state index is 0. The Morgan fingerprint density at radius 1 is 0.278 bits per heavy atom. The minimum Gasteiger partial charge on any atom is -0.726 e. The van der Waals surface area contributed by atoms with Crippen LogP contribution in [0.4, 0.5) is 0 Å². The molecule has 2 unspecified atom stereocenters. The van der Waals surface area contributed by atoms with Crippen molar-refractivity contribution in [3.8, 4) is 0 Å². The van der Waals surface area contributed by atoms with Crippen LogP contribution < -0.4 is 0 Å². The topological polar surface area (TPSA) is 133 Å². The van der Waals surface area contributed by atoms with E-state index in [0.717, 1.165) is 38.5 Å². The van der Waals surface area contributed by atoms with Crippen molar-refractivity contribution in [2.75, 3.05) is 13.2 Å². The molecule has 0 rings (SSSR count). The molecule has 0 aromatic rings. The molecule has 0 radical (unpaired) electrons. The van der Waals surface area contributed by atoms with E-state index in [9.17, 15) is 25.9 Å². The molecule has 11 heteroatoms. The van der Waals surface area contributed by atoms with E-state index in [0.29, 0.717) is 0 Å². The van der Waals surface area contributed by atoms with Crippen LogP contribution in [0.1, 0.15) is 387 Å². The molecule has 0 saturated carbocycles. The molecule has 79 heavy (non-hydrogen) atoms. The molecule has 0 N–H and O–H groups in total. The summed E-state index contributed by atoms with van der Waals surface area (Å²) in [5, 5.41) is 0. The molecule has 0 amide bonds. The van der Waals surface area contributed by atoms with Crippen LogP contribution in [0.25, 0.3) is 0 Å². The van der Waals surface area contributed by atoms with Crippen LogP contribution in [0, 0.1) is 11.8 Å². The van der Waals surface area contributed by atoms with Gasteiger partial charge in [0.15, 0.2) is 0 Å². The molecule has 0 saturated heterocycles. The number of unbranched alkanes of at least 4 members (excludes halogenated alkanes) is 50. The molecule has 468 valence electrons. The second-order valence-electron chi connectivity index (χ2n) is 23.9. The Hall–Kier alpha value is 0.480. The first-order valence-electron chi connectivity index (χ1n) is 34.5. The predicted molar refractivity (Wildman–Crippen MR) is 344 cm³/mol. The van der Waals surface area contributed by atoms with Gasteiger partial charge in [0.2, 0.25) is 20.8 Å². The first-order valence-corrected chi connectivity index (χ1v) is 37.2. The van der Waals surface area contributed by atoms with Gasteiger partial charge in [0.25, 0.3) is 0 Å². The molecule has 0 aliphatic carbocycles. The van der Waals surface area contributed by atoms with Gasteiger partial charge in [0.1, 0.15) is 0 Å². The molecular weight excluding hydrogens is 1050 g/mol. The van der Waals surface area contributed by atoms with Gasteiger partial charge in [0.05, 0.1) is 13.2 Å². The van der Waals surface area contributed by atoms with E-state index < -0.39 is 20.8 Å². The molecule has 0 aliphatic heterocycles. The third kappa shape index (κ3) is 78.5. The normalized spacial score (nSPS) is 12.8. The zero-order valence-electron chi connectivity index (χ0n) is 53.3. The van der Waals surface area contributed by atoms with E-state index >= 15 is 0 Å². The van der Waals surface area contributed by atoms with Crippen molar-refractivity contribution in [1.29, 1.82) is 0 Å². The largest absolute Gasteiger partial charge is 2.00 e. The first kappa shape index (κ1) is 83.7. The van der Waals surface area contributed by atoms with Crippen molar-refractivity contribution in [2.45, 2.75) is 387 Å². The van der Waals surface area contributed by atoms with Gasteiger partial charge in [-0.2, -0.15) is 0 Å². The minimum atomic E-state index is -4.62. The third-order valence-corrected chi connectivity index (χ3v) is 16.8. The Bertz CT molecular complexity index is 1320. The Morgan fingerprint density at radius 2 is 0.443 bits per heavy atom. The predicted octanol–water partition coefficient (Wildman–Crippen LogP) is 22.8. The summed E-state index contributed by atoms with van der Waals surface area (Å²) in [5.74, 6) is 0.0340. The monoisotopic (exact) mass is 1180 g/mol. The quantitative estimate of drug-likeness (QED) is 0.0193. The molecule has 2 atom stereocenters. The average Bonchev–Trinajstić information content (AvgIpc) is 3.41. The fourth-order valence-corrected chi connectivity index (χ4v) is 11.5. The van der Waals surface area contributed by atoms with Crippen molar-refractivity contribution in [3.63, 3.8) is 0 Å². The Labute approximate surface area is 525 Å². The van der Waals surface area contributed by atoms with Gasteiger partial charge in [0, 0.05) is 11.8 Å². The molecular formula is C68H134CaO8S2. The van der Waals surface area contributed by atoms with Crippen LogP contribution in [0.3, 0.4) is 0 Å². The number of rotatable bonds is 64. The second-order valence-corrected chi connectivity index (χ2v) is 26.0. The first-order chi connectivity index (χ1) is 38.0. The Morgan fingerprint density at radius 3 is 0.620 bits per heavy atom. The molecule has 0 spiro atoms. The summed E-state index contributed by atoms with van der Waals surface area (Å²) in [5.41, 5.74) is 0. The van der Waals surface area contributed by atoms with Gasteiger partial charge in [-0.05, 0) is 38.5 Å². The van der Waals surface area contributed by atoms with E-state index in [2.05, 4.69) is 60.4 Å². The Balaban J connectivity index is -0.00000144. The zero-order chi connectivity index (χ0) is 57.4. The molecule has 0 aliphatic rings. The van der Waals surface area contributed by atoms with E-state index in [4.69, 9.17) is 0 Å². The summed E-state index contributed by atoms with van der Waals surface area (Å²) in [4.78, 5) is 0. The standard InChI is InChI=1S/2C34H68O4S.Ca/c2*1-3-5-7-9-11-13-15-17-19-21-23-25-27-29-31-34(33-38-39(35,36)37)32-30-28-26-24-22-20-18-16-14-12-10-8-6-4-2;/h2*29,31,34H,3-28,30,32-33H2,1-2H3,(H,35,36,37);/q;;+2/p-2/b2*31-29+;. The van der Waals surface area contributed by atoms with Gasteiger partial charge < -0.3 is 9.11 Å². The van der Waals surface area contributed by atoms with Gasteiger partial charge in [-0.25, -0.2) is 16.8 Å². The average molecular weight is 1180 g/mol. The SMILES string of the molecule is CCCCCCCCCCCCCC/C=C/C(CCCCCCCCCCCCCCCC)COS(=O)(=O)[O-].CCCCCCCCCCCCCC/C=C/C(CCCCCCCCCCCCCCCC)COS(=O)(=O)[O-].[Ca+2]. The molecule has 0 aromatic carbocycles. The van der Waals surface area contributed by atoms with Crippen molar-refractivity contribution in [1.82, 2.24) is 0 Å². The maximum Gasteiger partial charge on any atom is 2.00 e. The third-order valence-electron chi connectivity index (χ3n) is 16.0. The molecule has 0 bridgehead atoms.